The maximum atomic E-state index is 13.7. The minimum atomic E-state index is -0.756. The van der Waals surface area contributed by atoms with Gasteiger partial charge >= 0.3 is 0 Å². The van der Waals surface area contributed by atoms with E-state index in [1.165, 1.54) is 0 Å². The quantitative estimate of drug-likeness (QED) is 0.664. The van der Waals surface area contributed by atoms with Crippen LogP contribution >= 0.6 is 0 Å². The van der Waals surface area contributed by atoms with Gasteiger partial charge in [0.05, 0.1) is 11.1 Å². The average Bonchev–Trinajstić information content (AvgIpc) is 2.49. The highest BCUT2D eigenvalue weighted by atomic mass is 19.1. The molecule has 21 heavy (non-hydrogen) atoms. The lowest BCUT2D eigenvalue weighted by atomic mass is 10.0. The van der Waals surface area contributed by atoms with Crippen molar-refractivity contribution < 1.29 is 13.6 Å². The lowest BCUT2D eigenvalue weighted by Gasteiger charge is -2.06. The van der Waals surface area contributed by atoms with Crippen LogP contribution in [-0.2, 0) is 0 Å². The fraction of sp³-hybridized carbons (Fsp3) is 0.0588. The number of ketones is 1. The summed E-state index contributed by atoms with van der Waals surface area (Å²) in [7, 11) is 0. The highest BCUT2D eigenvalue weighted by Gasteiger charge is 2.17. The molecule has 0 aliphatic rings. The van der Waals surface area contributed by atoms with Gasteiger partial charge in [0.2, 0.25) is 5.78 Å². The molecule has 0 N–H and O–H groups in total. The predicted octanol–water partition coefficient (Wildman–Crippen LogP) is 4.05. The summed E-state index contributed by atoms with van der Waals surface area (Å²) in [4.78, 5) is 16.6. The fourth-order valence-electron chi connectivity index (χ4n) is 2.28. The molecule has 0 saturated heterocycles. The Balaban J connectivity index is 2.16. The third kappa shape index (κ3) is 2.40. The maximum Gasteiger partial charge on any atom is 0.214 e. The first-order valence-electron chi connectivity index (χ1n) is 6.42. The monoisotopic (exact) mass is 283 g/mol. The smallest absolute Gasteiger partial charge is 0.214 e. The van der Waals surface area contributed by atoms with Crippen LogP contribution in [0.2, 0.25) is 0 Å². The Morgan fingerprint density at radius 2 is 1.81 bits per heavy atom. The van der Waals surface area contributed by atoms with E-state index < -0.39 is 17.4 Å². The van der Waals surface area contributed by atoms with Crippen LogP contribution < -0.4 is 0 Å². The topological polar surface area (TPSA) is 30.0 Å². The van der Waals surface area contributed by atoms with Crippen LogP contribution in [0.1, 0.15) is 21.6 Å². The summed E-state index contributed by atoms with van der Waals surface area (Å²) in [5, 5.41) is 0.925. The summed E-state index contributed by atoms with van der Waals surface area (Å²) in [5.74, 6) is -2.04. The van der Waals surface area contributed by atoms with E-state index >= 15 is 0 Å². The highest BCUT2D eigenvalue weighted by molar-refractivity contribution is 6.09. The molecule has 1 aromatic heterocycles. The van der Waals surface area contributed by atoms with E-state index in [1.807, 2.05) is 25.1 Å². The number of fused-ring (bicyclic) bond motifs is 1. The molecule has 0 spiro atoms. The molecule has 4 heteroatoms. The number of para-hydroxylation sites is 1. The molecule has 0 radical (unpaired) electrons. The number of rotatable bonds is 2. The van der Waals surface area contributed by atoms with Crippen molar-refractivity contribution in [1.29, 1.82) is 0 Å². The zero-order chi connectivity index (χ0) is 15.0. The van der Waals surface area contributed by atoms with E-state index in [-0.39, 0.29) is 11.3 Å². The van der Waals surface area contributed by atoms with Crippen molar-refractivity contribution in [3.05, 3.63) is 77.0 Å². The third-order valence-electron chi connectivity index (χ3n) is 3.33. The molecule has 0 aliphatic heterocycles. The first-order chi connectivity index (χ1) is 10.1. The van der Waals surface area contributed by atoms with E-state index in [2.05, 4.69) is 4.98 Å². The van der Waals surface area contributed by atoms with E-state index in [9.17, 15) is 13.6 Å². The standard InChI is InChI=1S/C17H11F2NO/c1-10-8-16(20-15-5-3-2-4-12(10)15)17(21)13-9-11(18)6-7-14(13)19/h2-9H,1H3. The Labute approximate surface area is 120 Å². The number of benzene rings is 2. The van der Waals surface area contributed by atoms with Crippen molar-refractivity contribution in [2.45, 2.75) is 6.92 Å². The van der Waals surface area contributed by atoms with Gasteiger partial charge in [-0.25, -0.2) is 13.8 Å². The molecule has 0 unspecified atom stereocenters. The van der Waals surface area contributed by atoms with Crippen LogP contribution in [0.15, 0.2) is 48.5 Å². The SMILES string of the molecule is Cc1cc(C(=O)c2cc(F)ccc2F)nc2ccccc12. The molecule has 0 bridgehead atoms. The number of pyridine rings is 1. The second kappa shape index (κ2) is 5.05. The van der Waals surface area contributed by atoms with E-state index in [0.29, 0.717) is 5.52 Å². The van der Waals surface area contributed by atoms with Crippen LogP contribution in [0.5, 0.6) is 0 Å². The second-order valence-electron chi connectivity index (χ2n) is 4.79. The fourth-order valence-corrected chi connectivity index (χ4v) is 2.28. The van der Waals surface area contributed by atoms with Gasteiger partial charge in [-0.15, -0.1) is 0 Å². The van der Waals surface area contributed by atoms with Gasteiger partial charge in [-0.1, -0.05) is 18.2 Å². The van der Waals surface area contributed by atoms with E-state index in [4.69, 9.17) is 0 Å². The van der Waals surface area contributed by atoms with Gasteiger partial charge in [-0.2, -0.15) is 0 Å². The molecule has 2 aromatic carbocycles. The molecule has 0 atom stereocenters. The number of aryl methyl sites for hydroxylation is 1. The summed E-state index contributed by atoms with van der Waals surface area (Å²) in [6, 6.07) is 11.8. The van der Waals surface area contributed by atoms with Crippen molar-refractivity contribution in [3.8, 4) is 0 Å². The zero-order valence-corrected chi connectivity index (χ0v) is 11.2. The number of carbonyl (C=O) groups is 1. The molecule has 0 amide bonds. The Hall–Kier alpha value is -2.62. The van der Waals surface area contributed by atoms with Gasteiger partial charge in [0.15, 0.2) is 0 Å². The Morgan fingerprint density at radius 3 is 2.62 bits per heavy atom. The number of hydrogen-bond acceptors (Lipinski definition) is 2. The molecule has 0 aliphatic carbocycles. The van der Waals surface area contributed by atoms with Gasteiger partial charge < -0.3 is 0 Å². The van der Waals surface area contributed by atoms with Crippen LogP contribution in [0.25, 0.3) is 10.9 Å². The minimum absolute atomic E-state index is 0.107. The number of halogens is 2. The van der Waals surface area contributed by atoms with Crippen LogP contribution in [-0.4, -0.2) is 10.8 Å². The molecule has 2 nitrogen and oxygen atoms in total. The largest absolute Gasteiger partial charge is 0.287 e. The summed E-state index contributed by atoms with van der Waals surface area (Å²) in [6.07, 6.45) is 0. The van der Waals surface area contributed by atoms with Crippen LogP contribution in [0, 0.1) is 18.6 Å². The molecule has 3 rings (SSSR count). The molecule has 0 saturated carbocycles. The van der Waals surface area contributed by atoms with Gasteiger partial charge in [-0.05, 0) is 42.8 Å². The zero-order valence-electron chi connectivity index (χ0n) is 11.2. The molecule has 1 heterocycles. The summed E-state index contributed by atoms with van der Waals surface area (Å²) in [5.41, 5.74) is 1.31. The molecule has 104 valence electrons. The van der Waals surface area contributed by atoms with Crippen LogP contribution in [0.3, 0.4) is 0 Å². The van der Waals surface area contributed by atoms with Crippen molar-refractivity contribution in [3.63, 3.8) is 0 Å². The Kier molecular flexibility index (Phi) is 3.22. The van der Waals surface area contributed by atoms with E-state index in [1.54, 1.807) is 12.1 Å². The molecular formula is C17H11F2NO. The predicted molar refractivity (Wildman–Crippen MR) is 76.3 cm³/mol. The number of aromatic nitrogens is 1. The highest BCUT2D eigenvalue weighted by Crippen LogP contribution is 2.20. The molecular weight excluding hydrogens is 272 g/mol. The van der Waals surface area contributed by atoms with Crippen molar-refractivity contribution >= 4 is 16.7 Å². The van der Waals surface area contributed by atoms with Gasteiger partial charge in [0.1, 0.15) is 17.3 Å². The van der Waals surface area contributed by atoms with E-state index in [0.717, 1.165) is 29.1 Å². The lowest BCUT2D eigenvalue weighted by Crippen LogP contribution is -2.08. The average molecular weight is 283 g/mol. The van der Waals surface area contributed by atoms with Gasteiger partial charge in [0.25, 0.3) is 0 Å². The lowest BCUT2D eigenvalue weighted by molar-refractivity contribution is 0.103. The Bertz CT molecular complexity index is 859. The second-order valence-corrected chi connectivity index (χ2v) is 4.79. The summed E-state index contributed by atoms with van der Waals surface area (Å²) >= 11 is 0. The molecule has 0 fully saturated rings. The van der Waals surface area contributed by atoms with Crippen molar-refractivity contribution in [2.75, 3.05) is 0 Å². The molecule has 3 aromatic rings. The number of hydrogen-bond donors (Lipinski definition) is 0. The van der Waals surface area contributed by atoms with Gasteiger partial charge in [-0.3, -0.25) is 4.79 Å². The first-order valence-corrected chi connectivity index (χ1v) is 6.42. The Morgan fingerprint density at radius 1 is 1.05 bits per heavy atom. The number of nitrogens with zero attached hydrogens (tertiary/aromatic N) is 1. The summed E-state index contributed by atoms with van der Waals surface area (Å²) < 4.78 is 26.9. The van der Waals surface area contributed by atoms with Gasteiger partial charge in [0, 0.05) is 5.39 Å². The van der Waals surface area contributed by atoms with Crippen molar-refractivity contribution in [2.24, 2.45) is 0 Å². The number of carbonyl (C=O) groups excluding carboxylic acids is 1. The maximum absolute atomic E-state index is 13.7. The normalized spacial score (nSPS) is 10.8. The van der Waals surface area contributed by atoms with Crippen molar-refractivity contribution in [1.82, 2.24) is 4.98 Å². The van der Waals surface area contributed by atoms with Crippen LogP contribution in [0.4, 0.5) is 8.78 Å². The summed E-state index contributed by atoms with van der Waals surface area (Å²) in [6.45, 7) is 1.85. The third-order valence-corrected chi connectivity index (χ3v) is 3.33. The minimum Gasteiger partial charge on any atom is -0.287 e. The first kappa shape index (κ1) is 13.4.